The van der Waals surface area contributed by atoms with Gasteiger partial charge in [0.05, 0.1) is 0 Å². The number of carbonyl (C=O) groups is 1. The molecule has 1 aromatic heterocycles. The first-order chi connectivity index (χ1) is 9.13. The average Bonchev–Trinajstić information content (AvgIpc) is 2.76. The third-order valence-corrected chi connectivity index (χ3v) is 2.45. The molecule has 100 valence electrons. The number of hydrogen-bond donors (Lipinski definition) is 1. The fourth-order valence-corrected chi connectivity index (χ4v) is 1.69. The lowest BCUT2D eigenvalue weighted by molar-refractivity contribution is -0.142. The Labute approximate surface area is 114 Å². The van der Waals surface area contributed by atoms with E-state index < -0.39 is 12.6 Å². The maximum absolute atomic E-state index is 10.3. The van der Waals surface area contributed by atoms with Gasteiger partial charge in [-0.3, -0.25) is 0 Å². The minimum atomic E-state index is -1.04. The van der Waals surface area contributed by atoms with E-state index in [1.54, 1.807) is 6.07 Å². The minimum Gasteiger partial charge on any atom is -0.480 e. The summed E-state index contributed by atoms with van der Waals surface area (Å²) in [6.07, 6.45) is 0.489. The molecule has 0 amide bonds. The van der Waals surface area contributed by atoms with Crippen LogP contribution in [-0.2, 0) is 22.6 Å². The topological polar surface area (TPSA) is 85.5 Å². The molecule has 2 aromatic rings. The van der Waals surface area contributed by atoms with Crippen molar-refractivity contribution in [2.24, 2.45) is 0 Å². The zero-order valence-electron chi connectivity index (χ0n) is 9.88. The van der Waals surface area contributed by atoms with Crippen LogP contribution in [-0.4, -0.2) is 27.8 Å². The summed E-state index contributed by atoms with van der Waals surface area (Å²) in [7, 11) is 0. The smallest absolute Gasteiger partial charge is 0.329 e. The van der Waals surface area contributed by atoms with Gasteiger partial charge >= 0.3 is 5.97 Å². The van der Waals surface area contributed by atoms with Crippen LogP contribution in [0.5, 0.6) is 0 Å². The second-order valence-corrected chi connectivity index (χ2v) is 4.23. The molecule has 0 bridgehead atoms. The Morgan fingerprint density at radius 3 is 3.05 bits per heavy atom. The second kappa shape index (κ2) is 6.31. The van der Waals surface area contributed by atoms with Crippen LogP contribution in [0.15, 0.2) is 28.8 Å². The summed E-state index contributed by atoms with van der Waals surface area (Å²) in [6, 6.07) is 7.35. The molecule has 2 rings (SSSR count). The van der Waals surface area contributed by atoms with Crippen molar-refractivity contribution >= 4 is 17.6 Å². The van der Waals surface area contributed by atoms with Crippen molar-refractivity contribution in [2.75, 3.05) is 6.61 Å². The second-order valence-electron chi connectivity index (χ2n) is 3.80. The molecule has 7 heteroatoms. The normalized spacial score (nSPS) is 10.6. The zero-order valence-corrected chi connectivity index (χ0v) is 10.6. The summed E-state index contributed by atoms with van der Waals surface area (Å²) in [5.74, 6) is -0.298. The van der Waals surface area contributed by atoms with Gasteiger partial charge in [0.1, 0.15) is 13.2 Å². The summed E-state index contributed by atoms with van der Waals surface area (Å²) in [5.41, 5.74) is 0.964. The van der Waals surface area contributed by atoms with Gasteiger partial charge in [0.15, 0.2) is 5.82 Å². The van der Waals surface area contributed by atoms with E-state index in [2.05, 4.69) is 10.1 Å². The van der Waals surface area contributed by atoms with Gasteiger partial charge in [0.2, 0.25) is 0 Å². The van der Waals surface area contributed by atoms with Gasteiger partial charge in [0.25, 0.3) is 5.89 Å². The Kier molecular flexibility index (Phi) is 4.48. The number of aromatic nitrogens is 2. The molecule has 19 heavy (non-hydrogen) atoms. The molecular formula is C12H11ClN2O4. The molecule has 0 radical (unpaired) electrons. The fourth-order valence-electron chi connectivity index (χ4n) is 1.48. The number of halogens is 1. The van der Waals surface area contributed by atoms with Gasteiger partial charge < -0.3 is 14.4 Å². The summed E-state index contributed by atoms with van der Waals surface area (Å²) in [5, 5.41) is 12.8. The third kappa shape index (κ3) is 4.35. The number of aliphatic carboxylic acids is 1. The standard InChI is InChI=1S/C12H11ClN2O4/c13-9-3-1-2-8(4-9)5-10-14-11(19-15-10)6-18-7-12(16)17/h1-4H,5-7H2,(H,16,17). The maximum Gasteiger partial charge on any atom is 0.329 e. The zero-order chi connectivity index (χ0) is 13.7. The largest absolute Gasteiger partial charge is 0.480 e. The van der Waals surface area contributed by atoms with E-state index >= 15 is 0 Å². The first-order valence-electron chi connectivity index (χ1n) is 5.49. The van der Waals surface area contributed by atoms with Gasteiger partial charge in [0, 0.05) is 11.4 Å². The lowest BCUT2D eigenvalue weighted by atomic mass is 10.1. The first-order valence-corrected chi connectivity index (χ1v) is 5.87. The Bertz CT molecular complexity index is 570. The number of carboxylic acids is 1. The van der Waals surface area contributed by atoms with Crippen LogP contribution in [0.3, 0.4) is 0 Å². The number of nitrogens with zero attached hydrogens (tertiary/aromatic N) is 2. The fraction of sp³-hybridized carbons (Fsp3) is 0.250. The summed E-state index contributed by atoms with van der Waals surface area (Å²) in [4.78, 5) is 14.4. The van der Waals surface area contributed by atoms with Crippen molar-refractivity contribution in [1.82, 2.24) is 10.1 Å². The van der Waals surface area contributed by atoms with Crippen LogP contribution in [0.4, 0.5) is 0 Å². The van der Waals surface area contributed by atoms with Crippen molar-refractivity contribution in [3.63, 3.8) is 0 Å². The molecule has 0 aliphatic carbocycles. The molecule has 0 atom stereocenters. The average molecular weight is 283 g/mol. The van der Waals surface area contributed by atoms with E-state index in [-0.39, 0.29) is 12.5 Å². The molecule has 0 saturated heterocycles. The molecular weight excluding hydrogens is 272 g/mol. The molecule has 6 nitrogen and oxygen atoms in total. The van der Waals surface area contributed by atoms with E-state index in [4.69, 9.17) is 26.0 Å². The van der Waals surface area contributed by atoms with Crippen LogP contribution < -0.4 is 0 Å². The summed E-state index contributed by atoms with van der Waals surface area (Å²) < 4.78 is 9.78. The summed E-state index contributed by atoms with van der Waals surface area (Å²) in [6.45, 7) is -0.416. The van der Waals surface area contributed by atoms with Crippen LogP contribution in [0.25, 0.3) is 0 Å². The SMILES string of the molecule is O=C(O)COCc1nc(Cc2cccc(Cl)c2)no1. The van der Waals surface area contributed by atoms with Gasteiger partial charge in [-0.1, -0.05) is 28.9 Å². The van der Waals surface area contributed by atoms with Gasteiger partial charge in [-0.25, -0.2) is 4.79 Å². The van der Waals surface area contributed by atoms with E-state index in [1.165, 1.54) is 0 Å². The highest BCUT2D eigenvalue weighted by Crippen LogP contribution is 2.13. The molecule has 0 unspecified atom stereocenters. The van der Waals surface area contributed by atoms with Crippen LogP contribution in [0, 0.1) is 0 Å². The Morgan fingerprint density at radius 2 is 2.32 bits per heavy atom. The summed E-state index contributed by atoms with van der Waals surface area (Å²) >= 11 is 5.87. The Hall–Kier alpha value is -1.92. The minimum absolute atomic E-state index is 0.0190. The van der Waals surface area contributed by atoms with Gasteiger partial charge in [-0.2, -0.15) is 4.98 Å². The number of ether oxygens (including phenoxy) is 1. The van der Waals surface area contributed by atoms with Crippen molar-refractivity contribution in [2.45, 2.75) is 13.0 Å². The molecule has 1 aromatic carbocycles. The molecule has 0 saturated carbocycles. The van der Waals surface area contributed by atoms with Crippen molar-refractivity contribution in [3.8, 4) is 0 Å². The van der Waals surface area contributed by atoms with E-state index in [0.29, 0.717) is 17.3 Å². The van der Waals surface area contributed by atoms with Crippen molar-refractivity contribution in [1.29, 1.82) is 0 Å². The molecule has 1 N–H and O–H groups in total. The molecule has 0 aliphatic heterocycles. The molecule has 0 aliphatic rings. The highest BCUT2D eigenvalue weighted by molar-refractivity contribution is 6.30. The molecule has 0 fully saturated rings. The number of hydrogen-bond acceptors (Lipinski definition) is 5. The van der Waals surface area contributed by atoms with E-state index in [0.717, 1.165) is 5.56 Å². The van der Waals surface area contributed by atoms with E-state index in [1.807, 2.05) is 18.2 Å². The predicted octanol–water partition coefficient (Wildman–Crippen LogP) is 1.91. The lowest BCUT2D eigenvalue weighted by Gasteiger charge is -1.96. The number of carboxylic acid groups (broad SMARTS) is 1. The number of rotatable bonds is 6. The van der Waals surface area contributed by atoms with Crippen molar-refractivity contribution in [3.05, 3.63) is 46.6 Å². The predicted molar refractivity (Wildman–Crippen MR) is 65.8 cm³/mol. The monoisotopic (exact) mass is 282 g/mol. The Morgan fingerprint density at radius 1 is 1.47 bits per heavy atom. The lowest BCUT2D eigenvalue weighted by Crippen LogP contribution is -2.06. The van der Waals surface area contributed by atoms with E-state index in [9.17, 15) is 4.79 Å². The number of benzene rings is 1. The highest BCUT2D eigenvalue weighted by Gasteiger charge is 2.08. The molecule has 0 spiro atoms. The highest BCUT2D eigenvalue weighted by atomic mass is 35.5. The van der Waals surface area contributed by atoms with Crippen LogP contribution in [0.1, 0.15) is 17.3 Å². The van der Waals surface area contributed by atoms with Gasteiger partial charge in [-0.05, 0) is 17.7 Å². The third-order valence-electron chi connectivity index (χ3n) is 2.21. The Balaban J connectivity index is 1.92. The quantitative estimate of drug-likeness (QED) is 0.871. The van der Waals surface area contributed by atoms with Crippen LogP contribution >= 0.6 is 11.6 Å². The van der Waals surface area contributed by atoms with Crippen LogP contribution in [0.2, 0.25) is 5.02 Å². The first kappa shape index (κ1) is 13.5. The van der Waals surface area contributed by atoms with Gasteiger partial charge in [-0.15, -0.1) is 0 Å². The molecule has 1 heterocycles. The van der Waals surface area contributed by atoms with Crippen molar-refractivity contribution < 1.29 is 19.2 Å². The maximum atomic E-state index is 10.3.